The number of amides is 1. The molecule has 6 heteroatoms. The molecule has 1 saturated heterocycles. The minimum Gasteiger partial charge on any atom is -0.490 e. The van der Waals surface area contributed by atoms with Crippen LogP contribution in [0.4, 0.5) is 0 Å². The fraction of sp³-hybridized carbons (Fsp3) is 0.600. The minimum atomic E-state index is -0.766. The first-order valence-electron chi connectivity index (χ1n) is 9.44. The normalized spacial score (nSPS) is 17.0. The molecule has 0 aromatic heterocycles. The number of likely N-dealkylation sites (tertiary alicyclic amines) is 1. The van der Waals surface area contributed by atoms with Gasteiger partial charge in [0.05, 0.1) is 13.2 Å². The van der Waals surface area contributed by atoms with Crippen molar-refractivity contribution in [3.05, 3.63) is 24.3 Å². The van der Waals surface area contributed by atoms with Crippen LogP contribution in [0.2, 0.25) is 0 Å². The van der Waals surface area contributed by atoms with E-state index in [1.54, 1.807) is 0 Å². The van der Waals surface area contributed by atoms with Gasteiger partial charge in [0.2, 0.25) is 5.91 Å². The third kappa shape index (κ3) is 6.58. The van der Waals surface area contributed by atoms with Gasteiger partial charge in [-0.1, -0.05) is 12.1 Å². The van der Waals surface area contributed by atoms with Crippen molar-refractivity contribution < 1.29 is 24.2 Å². The van der Waals surface area contributed by atoms with Crippen LogP contribution >= 0.6 is 0 Å². The van der Waals surface area contributed by atoms with Gasteiger partial charge in [0, 0.05) is 25.9 Å². The smallest absolute Gasteiger partial charge is 0.303 e. The summed E-state index contributed by atoms with van der Waals surface area (Å²) in [5.74, 6) is 1.09. The first kappa shape index (κ1) is 20.1. The highest BCUT2D eigenvalue weighted by atomic mass is 16.5. The molecule has 1 N–H and O–H groups in total. The van der Waals surface area contributed by atoms with Crippen molar-refractivity contribution in [2.75, 3.05) is 26.3 Å². The number of hydrogen-bond acceptors (Lipinski definition) is 4. The predicted molar refractivity (Wildman–Crippen MR) is 98.5 cm³/mol. The lowest BCUT2D eigenvalue weighted by atomic mass is 9.93. The summed E-state index contributed by atoms with van der Waals surface area (Å²) in [4.78, 5) is 25.0. The van der Waals surface area contributed by atoms with Gasteiger partial charge in [-0.15, -0.1) is 0 Å². The maximum absolute atomic E-state index is 12.4. The second kappa shape index (κ2) is 10.7. The molecule has 1 fully saturated rings. The Labute approximate surface area is 155 Å². The molecule has 1 aromatic carbocycles. The Kier molecular flexibility index (Phi) is 8.25. The van der Waals surface area contributed by atoms with Gasteiger partial charge in [0.25, 0.3) is 0 Å². The second-order valence-corrected chi connectivity index (χ2v) is 6.61. The Bertz CT molecular complexity index is 589. The molecule has 1 atom stereocenters. The number of benzene rings is 1. The Balaban J connectivity index is 1.70. The monoisotopic (exact) mass is 363 g/mol. The van der Waals surface area contributed by atoms with Crippen LogP contribution in [0.25, 0.3) is 0 Å². The van der Waals surface area contributed by atoms with Gasteiger partial charge in [-0.25, -0.2) is 0 Å². The average Bonchev–Trinajstić information content (AvgIpc) is 2.65. The summed E-state index contributed by atoms with van der Waals surface area (Å²) in [5, 5.41) is 8.81. The maximum Gasteiger partial charge on any atom is 0.303 e. The predicted octanol–water partition coefficient (Wildman–Crippen LogP) is 3.35. The Morgan fingerprint density at radius 2 is 1.92 bits per heavy atom. The van der Waals surface area contributed by atoms with E-state index in [1.165, 1.54) is 0 Å². The lowest BCUT2D eigenvalue weighted by molar-refractivity contribution is -0.137. The van der Waals surface area contributed by atoms with Crippen molar-refractivity contribution in [3.63, 3.8) is 0 Å². The molecule has 0 aliphatic carbocycles. The summed E-state index contributed by atoms with van der Waals surface area (Å²) in [6.45, 7) is 4.43. The molecule has 26 heavy (non-hydrogen) atoms. The third-order valence-electron chi connectivity index (χ3n) is 4.58. The van der Waals surface area contributed by atoms with Crippen LogP contribution < -0.4 is 9.47 Å². The molecule has 0 spiro atoms. The van der Waals surface area contributed by atoms with E-state index in [0.29, 0.717) is 50.7 Å². The zero-order valence-electron chi connectivity index (χ0n) is 15.5. The molecule has 6 nitrogen and oxygen atoms in total. The lowest BCUT2D eigenvalue weighted by Gasteiger charge is -2.32. The minimum absolute atomic E-state index is 0.131. The van der Waals surface area contributed by atoms with Gasteiger partial charge >= 0.3 is 5.97 Å². The number of carboxylic acid groups (broad SMARTS) is 1. The van der Waals surface area contributed by atoms with Gasteiger partial charge in [0.1, 0.15) is 0 Å². The van der Waals surface area contributed by atoms with Crippen molar-refractivity contribution in [2.24, 2.45) is 5.92 Å². The molecule has 0 saturated carbocycles. The van der Waals surface area contributed by atoms with Crippen LogP contribution in [0, 0.1) is 5.92 Å². The molecule has 144 valence electrons. The molecular formula is C20H29NO5. The number of carbonyl (C=O) groups excluding carboxylic acids is 1. The summed E-state index contributed by atoms with van der Waals surface area (Å²) in [5.41, 5.74) is 0. The summed E-state index contributed by atoms with van der Waals surface area (Å²) < 4.78 is 11.3. The lowest BCUT2D eigenvalue weighted by Crippen LogP contribution is -2.40. The topological polar surface area (TPSA) is 76.1 Å². The summed E-state index contributed by atoms with van der Waals surface area (Å²) in [6, 6.07) is 7.53. The van der Waals surface area contributed by atoms with Crippen LogP contribution in [0.5, 0.6) is 11.5 Å². The molecule has 0 bridgehead atoms. The Morgan fingerprint density at radius 3 is 2.62 bits per heavy atom. The van der Waals surface area contributed by atoms with E-state index >= 15 is 0 Å². The van der Waals surface area contributed by atoms with Crippen molar-refractivity contribution in [1.29, 1.82) is 0 Å². The number of rotatable bonds is 10. The van der Waals surface area contributed by atoms with E-state index in [9.17, 15) is 9.59 Å². The fourth-order valence-corrected chi connectivity index (χ4v) is 3.26. The standard InChI is InChI=1S/C20H29NO5/c1-2-25-17-8-3-4-9-18(17)26-14-6-10-19(22)21-13-5-7-16(15-21)11-12-20(23)24/h3-4,8-9,16H,2,5-7,10-15H2,1H3,(H,23,24). The van der Waals surface area contributed by atoms with E-state index < -0.39 is 5.97 Å². The molecule has 1 unspecified atom stereocenters. The summed E-state index contributed by atoms with van der Waals surface area (Å²) in [7, 11) is 0. The van der Waals surface area contributed by atoms with Crippen LogP contribution in [0.1, 0.15) is 45.4 Å². The highest BCUT2D eigenvalue weighted by Crippen LogP contribution is 2.26. The van der Waals surface area contributed by atoms with Crippen LogP contribution in [0.3, 0.4) is 0 Å². The molecule has 1 amide bonds. The quantitative estimate of drug-likeness (QED) is 0.645. The zero-order valence-corrected chi connectivity index (χ0v) is 15.5. The fourth-order valence-electron chi connectivity index (χ4n) is 3.26. The number of piperidine rings is 1. The molecule has 1 heterocycles. The van der Waals surface area contributed by atoms with Crippen LogP contribution in [-0.2, 0) is 9.59 Å². The van der Waals surface area contributed by atoms with Crippen LogP contribution in [-0.4, -0.2) is 48.2 Å². The number of nitrogens with zero attached hydrogens (tertiary/aromatic N) is 1. The number of para-hydroxylation sites is 2. The third-order valence-corrected chi connectivity index (χ3v) is 4.58. The van der Waals surface area contributed by atoms with Crippen molar-refractivity contribution in [2.45, 2.75) is 45.4 Å². The zero-order chi connectivity index (χ0) is 18.8. The van der Waals surface area contributed by atoms with Crippen LogP contribution in [0.15, 0.2) is 24.3 Å². The Morgan fingerprint density at radius 1 is 1.19 bits per heavy atom. The van der Waals surface area contributed by atoms with Crippen molar-refractivity contribution in [3.8, 4) is 11.5 Å². The second-order valence-electron chi connectivity index (χ2n) is 6.61. The van der Waals surface area contributed by atoms with Gasteiger partial charge in [-0.3, -0.25) is 9.59 Å². The average molecular weight is 363 g/mol. The van der Waals surface area contributed by atoms with Gasteiger partial charge in [-0.05, 0) is 50.7 Å². The highest BCUT2D eigenvalue weighted by molar-refractivity contribution is 5.76. The number of hydrogen-bond donors (Lipinski definition) is 1. The molecular weight excluding hydrogens is 334 g/mol. The van der Waals surface area contributed by atoms with Gasteiger partial charge < -0.3 is 19.5 Å². The van der Waals surface area contributed by atoms with E-state index in [2.05, 4.69) is 0 Å². The van der Waals surface area contributed by atoms with Crippen molar-refractivity contribution in [1.82, 2.24) is 4.90 Å². The SMILES string of the molecule is CCOc1ccccc1OCCCC(=O)N1CCCC(CCC(=O)O)C1. The molecule has 0 radical (unpaired) electrons. The largest absolute Gasteiger partial charge is 0.490 e. The molecule has 1 aliphatic heterocycles. The molecule has 2 rings (SSSR count). The molecule has 1 aliphatic rings. The first-order chi connectivity index (χ1) is 12.6. The van der Waals surface area contributed by atoms with E-state index in [0.717, 1.165) is 25.1 Å². The maximum atomic E-state index is 12.4. The number of ether oxygens (including phenoxy) is 2. The highest BCUT2D eigenvalue weighted by Gasteiger charge is 2.23. The number of carboxylic acids is 1. The van der Waals surface area contributed by atoms with E-state index in [1.807, 2.05) is 36.1 Å². The van der Waals surface area contributed by atoms with E-state index in [4.69, 9.17) is 14.6 Å². The summed E-state index contributed by atoms with van der Waals surface area (Å²) >= 11 is 0. The Hall–Kier alpha value is -2.24. The first-order valence-corrected chi connectivity index (χ1v) is 9.44. The van der Waals surface area contributed by atoms with Crippen molar-refractivity contribution >= 4 is 11.9 Å². The number of aliphatic carboxylic acids is 1. The van der Waals surface area contributed by atoms with E-state index in [-0.39, 0.29) is 12.3 Å². The van der Waals surface area contributed by atoms with Gasteiger partial charge in [0.15, 0.2) is 11.5 Å². The molecule has 1 aromatic rings. The van der Waals surface area contributed by atoms with Gasteiger partial charge in [-0.2, -0.15) is 0 Å². The summed E-state index contributed by atoms with van der Waals surface area (Å²) in [6.07, 6.45) is 3.89. The number of carbonyl (C=O) groups is 2.